The van der Waals surface area contributed by atoms with Crippen molar-refractivity contribution in [3.63, 3.8) is 0 Å². The molecule has 1 N–H and O–H groups in total. The monoisotopic (exact) mass is 669 g/mol. The van der Waals surface area contributed by atoms with Crippen molar-refractivity contribution in [1.29, 1.82) is 0 Å². The highest BCUT2D eigenvalue weighted by Gasteiger charge is 2.57. The number of hydrogen-bond donors (Lipinski definition) is 1. The Labute approximate surface area is 282 Å². The van der Waals surface area contributed by atoms with E-state index in [4.69, 9.17) is 19.8 Å². The van der Waals surface area contributed by atoms with Crippen LogP contribution in [0.4, 0.5) is 8.78 Å². The average Bonchev–Trinajstić information content (AvgIpc) is 3.56. The second kappa shape index (κ2) is 14.3. The fourth-order valence-electron chi connectivity index (χ4n) is 7.20. The summed E-state index contributed by atoms with van der Waals surface area (Å²) >= 11 is 0. The van der Waals surface area contributed by atoms with Gasteiger partial charge in [-0.05, 0) is 78.2 Å². The number of aryl methyl sites for hydroxylation is 1. The molecule has 2 aliphatic heterocycles. The Bertz CT molecular complexity index is 1590. The zero-order valence-corrected chi connectivity index (χ0v) is 29.7. The number of aromatic nitrogens is 6. The summed E-state index contributed by atoms with van der Waals surface area (Å²) in [5, 5.41) is 11.9. The van der Waals surface area contributed by atoms with Crippen molar-refractivity contribution in [3.05, 3.63) is 41.2 Å². The van der Waals surface area contributed by atoms with Crippen molar-refractivity contribution in [2.75, 3.05) is 19.8 Å². The van der Waals surface area contributed by atoms with E-state index in [-0.39, 0.29) is 41.0 Å². The number of alkyl halides is 2. The second-order valence-corrected chi connectivity index (χ2v) is 15.4. The summed E-state index contributed by atoms with van der Waals surface area (Å²) in [5.41, 5.74) is 0.794. The van der Waals surface area contributed by atoms with Gasteiger partial charge in [0.05, 0.1) is 28.9 Å². The van der Waals surface area contributed by atoms with Crippen LogP contribution in [-0.2, 0) is 23.0 Å². The number of Topliss-reactive ketones (excluding diaryl/α,β-unsaturated/α-hetero) is 1. The minimum absolute atomic E-state index is 0.0467. The van der Waals surface area contributed by atoms with Crippen LogP contribution in [0.5, 0.6) is 0 Å². The predicted molar refractivity (Wildman–Crippen MR) is 179 cm³/mol. The van der Waals surface area contributed by atoms with Gasteiger partial charge >= 0.3 is 0 Å². The van der Waals surface area contributed by atoms with Gasteiger partial charge in [-0.3, -0.25) is 14.3 Å². The van der Waals surface area contributed by atoms with Gasteiger partial charge in [0.1, 0.15) is 18.0 Å². The minimum Gasteiger partial charge on any atom is -0.376 e. The van der Waals surface area contributed by atoms with E-state index < -0.39 is 17.8 Å². The largest absolute Gasteiger partial charge is 0.376 e. The van der Waals surface area contributed by atoms with E-state index in [0.29, 0.717) is 30.9 Å². The first-order valence-corrected chi connectivity index (χ1v) is 17.6. The molecule has 3 aromatic rings. The lowest BCUT2D eigenvalue weighted by Crippen LogP contribution is -2.38. The van der Waals surface area contributed by atoms with Crippen molar-refractivity contribution in [1.82, 2.24) is 34.7 Å². The van der Waals surface area contributed by atoms with Gasteiger partial charge in [-0.25, -0.2) is 23.3 Å². The standard InChI is InChI=1S/C28H41F2N5O2.C8H12N2O/c1-18(7-9-28(10-11-28)27(4,30)17-29)22-16-35-25(32-22)33-23(20-8-13-37-26(2,3)15-20)21(34-35)14-19-6-5-12-31-24(19)36;1-6(2)8(11)7-4-5-9-10(7)3/h16,18-20H,5-15,17H2,1-4H3,(H,31,36);4-6H,1-3H3/t18?,19-,20?,27?;/m1./s1. The number of carbonyl (C=O) groups is 2. The third kappa shape index (κ3) is 7.95. The number of nitrogens with one attached hydrogen (secondary N) is 1. The summed E-state index contributed by atoms with van der Waals surface area (Å²) in [6.07, 6.45) is 10.5. The normalized spacial score (nSPS) is 23.6. The van der Waals surface area contributed by atoms with Gasteiger partial charge in [0.25, 0.3) is 5.78 Å². The Hall–Kier alpha value is -3.28. The zero-order valence-electron chi connectivity index (χ0n) is 29.7. The van der Waals surface area contributed by atoms with Crippen LogP contribution < -0.4 is 5.32 Å². The van der Waals surface area contributed by atoms with Crippen LogP contribution in [0.2, 0.25) is 0 Å². The average molecular weight is 670 g/mol. The smallest absolute Gasteiger partial charge is 0.251 e. The Morgan fingerprint density at radius 2 is 1.96 bits per heavy atom. The maximum atomic E-state index is 14.8. The number of ether oxygens (including phenoxy) is 1. The van der Waals surface area contributed by atoms with Crippen LogP contribution >= 0.6 is 0 Å². The lowest BCUT2D eigenvalue weighted by molar-refractivity contribution is -0.126. The molecular weight excluding hydrogens is 616 g/mol. The van der Waals surface area contributed by atoms with Gasteiger partial charge in [0.2, 0.25) is 5.91 Å². The molecule has 0 spiro atoms. The Kier molecular flexibility index (Phi) is 10.7. The van der Waals surface area contributed by atoms with Gasteiger partial charge in [0, 0.05) is 61.9 Å². The Morgan fingerprint density at radius 3 is 2.56 bits per heavy atom. The third-order valence-corrected chi connectivity index (χ3v) is 10.7. The zero-order chi connectivity index (χ0) is 34.9. The molecule has 0 bridgehead atoms. The SMILES string of the molecule is CC(C)C(=O)c1ccnn1C.CC(CCC1(C(C)(F)CF)CC1)c1cn2nc(C[C@H]3CCCNC3=O)c(C3CCOC(C)(C)C3)nc2n1. The first-order valence-electron chi connectivity index (χ1n) is 17.6. The van der Waals surface area contributed by atoms with Crippen molar-refractivity contribution >= 4 is 17.5 Å². The maximum Gasteiger partial charge on any atom is 0.251 e. The van der Waals surface area contributed by atoms with E-state index in [9.17, 15) is 18.4 Å². The number of hydrogen-bond acceptors (Lipinski definition) is 7. The number of rotatable bonds is 11. The van der Waals surface area contributed by atoms with Crippen LogP contribution in [0.15, 0.2) is 18.5 Å². The van der Waals surface area contributed by atoms with E-state index in [2.05, 4.69) is 31.2 Å². The molecule has 48 heavy (non-hydrogen) atoms. The van der Waals surface area contributed by atoms with Crippen molar-refractivity contribution < 1.29 is 23.1 Å². The molecule has 12 heteroatoms. The highest BCUT2D eigenvalue weighted by atomic mass is 19.2. The number of halogens is 2. The second-order valence-electron chi connectivity index (χ2n) is 15.4. The number of amides is 1. The quantitative estimate of drug-likeness (QED) is 0.232. The van der Waals surface area contributed by atoms with E-state index in [1.54, 1.807) is 28.5 Å². The van der Waals surface area contributed by atoms with E-state index >= 15 is 0 Å². The first-order chi connectivity index (χ1) is 22.6. The molecule has 0 aromatic carbocycles. The molecule has 264 valence electrons. The Balaban J connectivity index is 0.000000349. The molecule has 6 rings (SSSR count). The molecule has 0 radical (unpaired) electrons. The molecule has 1 amide bonds. The number of piperidine rings is 1. The lowest BCUT2D eigenvalue weighted by Gasteiger charge is -2.35. The van der Waals surface area contributed by atoms with E-state index in [0.717, 1.165) is 68.6 Å². The molecule has 10 nitrogen and oxygen atoms in total. The van der Waals surface area contributed by atoms with Crippen molar-refractivity contribution in [3.8, 4) is 0 Å². The van der Waals surface area contributed by atoms with Crippen LogP contribution in [-0.4, -0.2) is 72.1 Å². The molecule has 1 saturated carbocycles. The van der Waals surface area contributed by atoms with Crippen LogP contribution in [0.25, 0.3) is 5.78 Å². The summed E-state index contributed by atoms with van der Waals surface area (Å²) in [6, 6.07) is 1.74. The molecule has 5 heterocycles. The van der Waals surface area contributed by atoms with Crippen LogP contribution in [0, 0.1) is 17.3 Å². The lowest BCUT2D eigenvalue weighted by atomic mass is 9.82. The first kappa shape index (κ1) is 36.0. The van der Waals surface area contributed by atoms with Gasteiger partial charge < -0.3 is 10.1 Å². The summed E-state index contributed by atoms with van der Waals surface area (Å²) in [5.74, 6) is 1.00. The number of imidazole rings is 1. The number of carbonyl (C=O) groups excluding carboxylic acids is 2. The highest BCUT2D eigenvalue weighted by molar-refractivity contribution is 5.95. The molecule has 4 atom stereocenters. The van der Waals surface area contributed by atoms with E-state index in [1.165, 1.54) is 6.92 Å². The third-order valence-electron chi connectivity index (χ3n) is 10.7. The van der Waals surface area contributed by atoms with Gasteiger partial charge in [-0.2, -0.15) is 10.2 Å². The topological polar surface area (TPSA) is 116 Å². The molecule has 3 aromatic heterocycles. The molecule has 3 fully saturated rings. The molecule has 3 aliphatic rings. The van der Waals surface area contributed by atoms with Gasteiger partial charge in [-0.1, -0.05) is 20.8 Å². The fraction of sp³-hybridized carbons (Fsp3) is 0.722. The summed E-state index contributed by atoms with van der Waals surface area (Å²) in [4.78, 5) is 33.8. The van der Waals surface area contributed by atoms with Crippen molar-refractivity contribution in [2.45, 2.75) is 122 Å². The minimum atomic E-state index is -1.76. The fourth-order valence-corrected chi connectivity index (χ4v) is 7.20. The summed E-state index contributed by atoms with van der Waals surface area (Å²) in [7, 11) is 1.77. The molecular formula is C36H53F2N7O3. The summed E-state index contributed by atoms with van der Waals surface area (Å²) in [6.45, 7) is 11.9. The predicted octanol–water partition coefficient (Wildman–Crippen LogP) is 6.49. The maximum absolute atomic E-state index is 14.8. The van der Waals surface area contributed by atoms with Gasteiger partial charge in [-0.15, -0.1) is 0 Å². The van der Waals surface area contributed by atoms with Crippen LogP contribution in [0.1, 0.15) is 132 Å². The van der Waals surface area contributed by atoms with Crippen molar-refractivity contribution in [2.24, 2.45) is 24.3 Å². The molecule has 3 unspecified atom stereocenters. The number of nitrogens with zero attached hydrogens (tertiary/aromatic N) is 6. The number of fused-ring (bicyclic) bond motifs is 1. The number of ketones is 1. The molecule has 2 saturated heterocycles. The van der Waals surface area contributed by atoms with E-state index in [1.807, 2.05) is 20.0 Å². The summed E-state index contributed by atoms with van der Waals surface area (Å²) < 4.78 is 37.4. The molecule has 1 aliphatic carbocycles. The van der Waals surface area contributed by atoms with Crippen LogP contribution in [0.3, 0.4) is 0 Å². The highest BCUT2D eigenvalue weighted by Crippen LogP contribution is 2.59. The Morgan fingerprint density at radius 1 is 1.21 bits per heavy atom. The van der Waals surface area contributed by atoms with Gasteiger partial charge in [0.15, 0.2) is 5.78 Å².